The molecule has 0 aliphatic heterocycles. The maximum absolute atomic E-state index is 5.74. The van der Waals surface area contributed by atoms with E-state index < -0.39 is 0 Å². The standard InChI is InChI=1S/C22H23N3O2S/c1-14(2)26-18-8-5-16(6-9-18)17-7-10-21-23-11-19(25(21)13-17)20-12-24-22(28-20)27-15(3)4/h5-15H,1-4H3. The Kier molecular flexibility index (Phi) is 5.05. The molecule has 0 fully saturated rings. The van der Waals surface area contributed by atoms with E-state index in [1.54, 1.807) is 0 Å². The van der Waals surface area contributed by atoms with Crippen LogP contribution in [0.15, 0.2) is 55.0 Å². The van der Waals surface area contributed by atoms with Gasteiger partial charge in [-0.15, -0.1) is 0 Å². The number of hydrogen-bond acceptors (Lipinski definition) is 5. The molecule has 0 unspecified atom stereocenters. The Morgan fingerprint density at radius 1 is 0.821 bits per heavy atom. The van der Waals surface area contributed by atoms with Crippen molar-refractivity contribution in [2.45, 2.75) is 39.9 Å². The van der Waals surface area contributed by atoms with Crippen molar-refractivity contribution in [1.82, 2.24) is 14.4 Å². The third-order valence-electron chi connectivity index (χ3n) is 4.14. The number of ether oxygens (including phenoxy) is 2. The minimum absolute atomic E-state index is 0.107. The van der Waals surface area contributed by atoms with Crippen molar-refractivity contribution < 1.29 is 9.47 Å². The van der Waals surface area contributed by atoms with E-state index in [0.717, 1.165) is 33.1 Å². The van der Waals surface area contributed by atoms with E-state index in [1.165, 1.54) is 11.3 Å². The van der Waals surface area contributed by atoms with Crippen molar-refractivity contribution in [2.75, 3.05) is 0 Å². The van der Waals surface area contributed by atoms with Gasteiger partial charge in [-0.3, -0.25) is 4.40 Å². The molecule has 0 radical (unpaired) electrons. The van der Waals surface area contributed by atoms with Crippen LogP contribution in [0.3, 0.4) is 0 Å². The molecule has 0 amide bonds. The third kappa shape index (κ3) is 3.87. The number of aromatic nitrogens is 3. The highest BCUT2D eigenvalue weighted by Crippen LogP contribution is 2.32. The molecule has 0 atom stereocenters. The van der Waals surface area contributed by atoms with E-state index in [1.807, 2.05) is 58.3 Å². The zero-order chi connectivity index (χ0) is 19.7. The Morgan fingerprint density at radius 2 is 1.54 bits per heavy atom. The second-order valence-electron chi connectivity index (χ2n) is 7.14. The van der Waals surface area contributed by atoms with Crippen molar-refractivity contribution in [3.63, 3.8) is 0 Å². The average molecular weight is 394 g/mol. The molecule has 0 N–H and O–H groups in total. The molecule has 3 heterocycles. The summed E-state index contributed by atoms with van der Waals surface area (Å²) in [6.45, 7) is 8.05. The first-order chi connectivity index (χ1) is 13.5. The summed E-state index contributed by atoms with van der Waals surface area (Å²) in [7, 11) is 0. The number of hydrogen-bond donors (Lipinski definition) is 0. The number of fused-ring (bicyclic) bond motifs is 1. The van der Waals surface area contributed by atoms with Gasteiger partial charge in [0.05, 0.1) is 35.2 Å². The molecule has 3 aromatic heterocycles. The molecule has 144 valence electrons. The molecule has 4 aromatic rings. The van der Waals surface area contributed by atoms with Crippen LogP contribution in [0.5, 0.6) is 10.9 Å². The van der Waals surface area contributed by atoms with Gasteiger partial charge in [0.1, 0.15) is 11.4 Å². The van der Waals surface area contributed by atoms with Crippen LogP contribution in [-0.2, 0) is 0 Å². The SMILES string of the molecule is CC(C)Oc1ccc(-c2ccc3ncc(-c4cnc(OC(C)C)s4)n3c2)cc1. The van der Waals surface area contributed by atoms with Crippen LogP contribution in [0.4, 0.5) is 0 Å². The van der Waals surface area contributed by atoms with Crippen LogP contribution in [-0.4, -0.2) is 26.6 Å². The van der Waals surface area contributed by atoms with Crippen molar-refractivity contribution in [2.24, 2.45) is 0 Å². The van der Waals surface area contributed by atoms with Crippen molar-refractivity contribution in [1.29, 1.82) is 0 Å². The van der Waals surface area contributed by atoms with Gasteiger partial charge >= 0.3 is 0 Å². The fourth-order valence-corrected chi connectivity index (χ4v) is 3.86. The van der Waals surface area contributed by atoms with Crippen LogP contribution >= 0.6 is 11.3 Å². The second kappa shape index (κ2) is 7.64. The molecule has 0 aliphatic rings. The Bertz CT molecular complexity index is 1080. The number of imidazole rings is 1. The van der Waals surface area contributed by atoms with Crippen LogP contribution in [0.1, 0.15) is 27.7 Å². The maximum atomic E-state index is 5.74. The Balaban J connectivity index is 1.67. The fraction of sp³-hybridized carbons (Fsp3) is 0.273. The molecular formula is C22H23N3O2S. The summed E-state index contributed by atoms with van der Waals surface area (Å²) < 4.78 is 13.5. The Hall–Kier alpha value is -2.86. The normalized spacial score (nSPS) is 11.5. The molecule has 28 heavy (non-hydrogen) atoms. The summed E-state index contributed by atoms with van der Waals surface area (Å²) in [4.78, 5) is 9.93. The lowest BCUT2D eigenvalue weighted by molar-refractivity contribution is 0.241. The molecule has 0 aliphatic carbocycles. The van der Waals surface area contributed by atoms with Gasteiger partial charge in [-0.2, -0.15) is 0 Å². The molecule has 6 heteroatoms. The highest BCUT2D eigenvalue weighted by Gasteiger charge is 2.12. The van der Waals surface area contributed by atoms with Gasteiger partial charge in [0.2, 0.25) is 0 Å². The Labute approximate surface area is 168 Å². The first-order valence-electron chi connectivity index (χ1n) is 9.36. The van der Waals surface area contributed by atoms with E-state index in [2.05, 4.69) is 38.8 Å². The minimum Gasteiger partial charge on any atom is -0.491 e. The van der Waals surface area contributed by atoms with Gasteiger partial charge in [-0.05, 0) is 63.1 Å². The summed E-state index contributed by atoms with van der Waals surface area (Å²) >= 11 is 1.53. The van der Waals surface area contributed by atoms with Gasteiger partial charge in [-0.25, -0.2) is 9.97 Å². The molecule has 0 bridgehead atoms. The summed E-state index contributed by atoms with van der Waals surface area (Å²) in [5, 5.41) is 0.678. The summed E-state index contributed by atoms with van der Waals surface area (Å²) in [5.74, 6) is 0.880. The predicted octanol–water partition coefficient (Wildman–Crippen LogP) is 5.70. The van der Waals surface area contributed by atoms with E-state index in [4.69, 9.17) is 9.47 Å². The maximum Gasteiger partial charge on any atom is 0.274 e. The van der Waals surface area contributed by atoms with Crippen LogP contribution < -0.4 is 9.47 Å². The second-order valence-corrected chi connectivity index (χ2v) is 8.13. The van der Waals surface area contributed by atoms with Crippen molar-refractivity contribution >= 4 is 17.0 Å². The van der Waals surface area contributed by atoms with Gasteiger partial charge < -0.3 is 9.47 Å². The number of nitrogens with zero attached hydrogens (tertiary/aromatic N) is 3. The number of rotatable bonds is 6. The molecule has 1 aromatic carbocycles. The first kappa shape index (κ1) is 18.5. The van der Waals surface area contributed by atoms with E-state index in [0.29, 0.717) is 5.19 Å². The third-order valence-corrected chi connectivity index (χ3v) is 5.05. The quantitative estimate of drug-likeness (QED) is 0.422. The Morgan fingerprint density at radius 3 is 2.25 bits per heavy atom. The number of thiazole rings is 1. The van der Waals surface area contributed by atoms with E-state index >= 15 is 0 Å². The lowest BCUT2D eigenvalue weighted by Crippen LogP contribution is -2.05. The monoisotopic (exact) mass is 393 g/mol. The van der Waals surface area contributed by atoms with Gasteiger partial charge in [0, 0.05) is 6.20 Å². The van der Waals surface area contributed by atoms with Gasteiger partial charge in [-0.1, -0.05) is 23.5 Å². The van der Waals surface area contributed by atoms with Crippen LogP contribution in [0, 0.1) is 0 Å². The average Bonchev–Trinajstić information content (AvgIpc) is 3.27. The highest BCUT2D eigenvalue weighted by molar-refractivity contribution is 7.16. The summed E-state index contributed by atoms with van der Waals surface area (Å²) in [6, 6.07) is 12.3. The first-order valence-corrected chi connectivity index (χ1v) is 10.2. The van der Waals surface area contributed by atoms with Crippen molar-refractivity contribution in [3.8, 4) is 32.6 Å². The molecular weight excluding hydrogens is 370 g/mol. The number of pyridine rings is 1. The number of benzene rings is 1. The van der Waals surface area contributed by atoms with Crippen LogP contribution in [0.25, 0.3) is 27.3 Å². The zero-order valence-electron chi connectivity index (χ0n) is 16.4. The predicted molar refractivity (Wildman–Crippen MR) is 113 cm³/mol. The van der Waals surface area contributed by atoms with E-state index in [9.17, 15) is 0 Å². The summed E-state index contributed by atoms with van der Waals surface area (Å²) in [5.41, 5.74) is 4.16. The fourth-order valence-electron chi connectivity index (χ4n) is 2.96. The largest absolute Gasteiger partial charge is 0.491 e. The van der Waals surface area contributed by atoms with Crippen molar-refractivity contribution in [3.05, 3.63) is 55.0 Å². The lowest BCUT2D eigenvalue weighted by Gasteiger charge is -2.10. The molecule has 5 nitrogen and oxygen atoms in total. The van der Waals surface area contributed by atoms with E-state index in [-0.39, 0.29) is 12.2 Å². The van der Waals surface area contributed by atoms with Gasteiger partial charge in [0.15, 0.2) is 0 Å². The topological polar surface area (TPSA) is 48.7 Å². The molecule has 0 saturated carbocycles. The molecule has 4 rings (SSSR count). The highest BCUT2D eigenvalue weighted by atomic mass is 32.1. The zero-order valence-corrected chi connectivity index (χ0v) is 17.2. The smallest absolute Gasteiger partial charge is 0.274 e. The minimum atomic E-state index is 0.107. The summed E-state index contributed by atoms with van der Waals surface area (Å²) in [6.07, 6.45) is 6.11. The van der Waals surface area contributed by atoms with Gasteiger partial charge in [0.25, 0.3) is 5.19 Å². The molecule has 0 saturated heterocycles. The van der Waals surface area contributed by atoms with Crippen LogP contribution in [0.2, 0.25) is 0 Å². The lowest BCUT2D eigenvalue weighted by atomic mass is 10.1. The molecule has 0 spiro atoms.